The predicted octanol–water partition coefficient (Wildman–Crippen LogP) is 1.83. The molecule has 1 aromatic carbocycles. The van der Waals surface area contributed by atoms with Crippen molar-refractivity contribution in [2.24, 2.45) is 0 Å². The molecule has 1 heterocycles. The van der Waals surface area contributed by atoms with Crippen molar-refractivity contribution in [3.05, 3.63) is 39.5 Å². The first-order valence-electron chi connectivity index (χ1n) is 4.88. The molecule has 3 heteroatoms. The van der Waals surface area contributed by atoms with Crippen molar-refractivity contribution >= 4 is 24.1 Å². The summed E-state index contributed by atoms with van der Waals surface area (Å²) in [5.41, 5.74) is 1.68. The van der Waals surface area contributed by atoms with Gasteiger partial charge in [0.2, 0.25) is 0 Å². The zero-order valence-electron chi connectivity index (χ0n) is 8.70. The number of benzene rings is 1. The maximum atomic E-state index is 12.0. The Hall–Kier alpha value is -1.05. The summed E-state index contributed by atoms with van der Waals surface area (Å²) >= 11 is -0.0950. The first-order valence-corrected chi connectivity index (χ1v) is 6.60. The zero-order chi connectivity index (χ0) is 11.0. The van der Waals surface area contributed by atoms with Crippen LogP contribution in [0.2, 0.25) is 0 Å². The van der Waals surface area contributed by atoms with Crippen molar-refractivity contribution in [1.82, 2.24) is 0 Å². The fourth-order valence-electron chi connectivity index (χ4n) is 1.65. The second kappa shape index (κ2) is 3.84. The molecule has 78 valence electrons. The van der Waals surface area contributed by atoms with Crippen LogP contribution in [0.15, 0.2) is 23.0 Å². The van der Waals surface area contributed by atoms with Crippen molar-refractivity contribution in [3.8, 4) is 4.62 Å². The van der Waals surface area contributed by atoms with Crippen molar-refractivity contribution in [1.29, 1.82) is 0 Å². The monoisotopic (exact) mass is 268 g/mol. The molecule has 0 atom stereocenters. The van der Waals surface area contributed by atoms with Gasteiger partial charge in [0.05, 0.1) is 0 Å². The Labute approximate surface area is 93.9 Å². The second-order valence-electron chi connectivity index (χ2n) is 3.57. The normalized spacial score (nSPS) is 10.8. The molecule has 0 aliphatic rings. The fraction of sp³-hybridized carbons (Fsp3) is 0.250. The van der Waals surface area contributed by atoms with Gasteiger partial charge in [-0.25, -0.2) is 0 Å². The summed E-state index contributed by atoms with van der Waals surface area (Å²) < 4.78 is 1.29. The van der Waals surface area contributed by atoms with E-state index in [0.717, 1.165) is 15.2 Å². The van der Waals surface area contributed by atoms with E-state index in [1.165, 1.54) is 0 Å². The van der Waals surface area contributed by atoms with Gasteiger partial charge in [0.1, 0.15) is 0 Å². The second-order valence-corrected chi connectivity index (χ2v) is 5.73. The molecule has 1 aromatic heterocycles. The van der Waals surface area contributed by atoms with Crippen LogP contribution < -0.4 is 5.43 Å². The molecule has 0 aliphatic heterocycles. The average molecular weight is 267 g/mol. The molecular weight excluding hydrogens is 255 g/mol. The standard InChI is InChI=1S/C12H12O2Se/c1-3-8-11(13)9-6-7(2)4-5-10(9)15-12(8)14/h4-6,14H,3H2,1-2H3. The molecule has 0 unspecified atom stereocenters. The first-order chi connectivity index (χ1) is 7.13. The molecule has 0 saturated carbocycles. The van der Waals surface area contributed by atoms with Gasteiger partial charge in [-0.2, -0.15) is 0 Å². The molecule has 0 bridgehead atoms. The Kier molecular flexibility index (Phi) is 2.68. The van der Waals surface area contributed by atoms with Crippen molar-refractivity contribution in [3.63, 3.8) is 0 Å². The number of aromatic hydroxyl groups is 1. The summed E-state index contributed by atoms with van der Waals surface area (Å²) in [5, 5.41) is 10.5. The maximum absolute atomic E-state index is 12.0. The van der Waals surface area contributed by atoms with E-state index in [9.17, 15) is 9.90 Å². The van der Waals surface area contributed by atoms with E-state index in [1.807, 2.05) is 32.0 Å². The molecular formula is C12H12O2Se. The van der Waals surface area contributed by atoms with Gasteiger partial charge in [0.15, 0.2) is 0 Å². The van der Waals surface area contributed by atoms with Crippen molar-refractivity contribution < 1.29 is 5.11 Å². The van der Waals surface area contributed by atoms with Crippen LogP contribution in [-0.2, 0) is 6.42 Å². The van der Waals surface area contributed by atoms with Gasteiger partial charge in [-0.05, 0) is 0 Å². The number of hydrogen-bond donors (Lipinski definition) is 1. The fourth-order valence-corrected chi connectivity index (χ4v) is 3.67. The first kappa shape index (κ1) is 10.5. The van der Waals surface area contributed by atoms with E-state index in [4.69, 9.17) is 0 Å². The Balaban J connectivity index is 2.92. The van der Waals surface area contributed by atoms with Gasteiger partial charge in [0, 0.05) is 0 Å². The van der Waals surface area contributed by atoms with Gasteiger partial charge < -0.3 is 0 Å². The summed E-state index contributed by atoms with van der Waals surface area (Å²) in [4.78, 5) is 12.0. The molecule has 0 aliphatic carbocycles. The van der Waals surface area contributed by atoms with Gasteiger partial charge in [-0.15, -0.1) is 0 Å². The van der Waals surface area contributed by atoms with Crippen LogP contribution in [-0.4, -0.2) is 19.6 Å². The van der Waals surface area contributed by atoms with Crippen LogP contribution in [0, 0.1) is 6.92 Å². The summed E-state index contributed by atoms with van der Waals surface area (Å²) in [5.74, 6) is 0. The van der Waals surface area contributed by atoms with E-state index >= 15 is 0 Å². The van der Waals surface area contributed by atoms with Gasteiger partial charge in [-0.1, -0.05) is 0 Å². The SMILES string of the molecule is CCc1c(O)[se]c2ccc(C)cc2c1=O. The minimum atomic E-state index is -0.0950. The Bertz CT molecular complexity index is 570. The third-order valence-corrected chi connectivity index (χ3v) is 4.60. The number of rotatable bonds is 1. The van der Waals surface area contributed by atoms with E-state index in [0.29, 0.717) is 16.6 Å². The molecule has 1 N–H and O–H groups in total. The quantitative estimate of drug-likeness (QED) is 0.800. The Morgan fingerprint density at radius 1 is 1.40 bits per heavy atom. The summed E-state index contributed by atoms with van der Waals surface area (Å²) in [7, 11) is 0. The van der Waals surface area contributed by atoms with Gasteiger partial charge >= 0.3 is 93.7 Å². The van der Waals surface area contributed by atoms with Crippen LogP contribution in [0.3, 0.4) is 0 Å². The average Bonchev–Trinajstić information content (AvgIpc) is 2.20. The van der Waals surface area contributed by atoms with E-state index in [2.05, 4.69) is 0 Å². The molecule has 0 saturated heterocycles. The molecule has 0 radical (unpaired) electrons. The van der Waals surface area contributed by atoms with Crippen LogP contribution in [0.25, 0.3) is 9.65 Å². The molecule has 2 nitrogen and oxygen atoms in total. The third-order valence-electron chi connectivity index (χ3n) is 2.47. The van der Waals surface area contributed by atoms with E-state index in [1.54, 1.807) is 0 Å². The molecule has 2 rings (SSSR count). The zero-order valence-corrected chi connectivity index (χ0v) is 10.4. The van der Waals surface area contributed by atoms with E-state index < -0.39 is 0 Å². The number of aryl methyl sites for hydroxylation is 1. The molecule has 0 spiro atoms. The van der Waals surface area contributed by atoms with Crippen molar-refractivity contribution in [2.45, 2.75) is 20.3 Å². The third kappa shape index (κ3) is 1.73. The Morgan fingerprint density at radius 2 is 2.13 bits per heavy atom. The Morgan fingerprint density at radius 3 is 2.80 bits per heavy atom. The predicted molar refractivity (Wildman–Crippen MR) is 62.9 cm³/mol. The minimum absolute atomic E-state index is 0.00169. The molecule has 15 heavy (non-hydrogen) atoms. The summed E-state index contributed by atoms with van der Waals surface area (Å²) in [6.45, 7) is 3.88. The summed E-state index contributed by atoms with van der Waals surface area (Å²) in [6, 6.07) is 5.85. The van der Waals surface area contributed by atoms with E-state index in [-0.39, 0.29) is 19.9 Å². The molecule has 2 aromatic rings. The van der Waals surface area contributed by atoms with Gasteiger partial charge in [0.25, 0.3) is 0 Å². The van der Waals surface area contributed by atoms with Crippen LogP contribution in [0.4, 0.5) is 0 Å². The van der Waals surface area contributed by atoms with Crippen LogP contribution >= 0.6 is 0 Å². The van der Waals surface area contributed by atoms with Crippen LogP contribution in [0.5, 0.6) is 4.62 Å². The number of hydrogen-bond acceptors (Lipinski definition) is 2. The summed E-state index contributed by atoms with van der Waals surface area (Å²) in [6.07, 6.45) is 0.611. The topological polar surface area (TPSA) is 37.3 Å². The molecule has 0 fully saturated rings. The van der Waals surface area contributed by atoms with Crippen LogP contribution in [0.1, 0.15) is 18.1 Å². The van der Waals surface area contributed by atoms with Crippen molar-refractivity contribution in [2.75, 3.05) is 0 Å². The number of fused-ring (bicyclic) bond motifs is 1. The van der Waals surface area contributed by atoms with Gasteiger partial charge in [-0.3, -0.25) is 0 Å². The molecule has 0 amide bonds.